The Morgan fingerprint density at radius 3 is 2.32 bits per heavy atom. The van der Waals surface area contributed by atoms with Crippen LogP contribution < -0.4 is 4.74 Å². The van der Waals surface area contributed by atoms with Gasteiger partial charge in [0, 0.05) is 5.56 Å². The predicted molar refractivity (Wildman–Crippen MR) is 73.7 cm³/mol. The summed E-state index contributed by atoms with van der Waals surface area (Å²) >= 11 is 0. The summed E-state index contributed by atoms with van der Waals surface area (Å²) < 4.78 is 5.24. The molecule has 0 amide bonds. The van der Waals surface area contributed by atoms with Gasteiger partial charge in [0.15, 0.2) is 0 Å². The van der Waals surface area contributed by atoms with E-state index in [0.29, 0.717) is 22.4 Å². The number of hydrogen-bond donors (Lipinski definition) is 0. The average molecular weight is 246 g/mol. The smallest absolute Gasteiger partial charge is 0.344 e. The topological polar surface area (TPSA) is 26.3 Å². The second kappa shape index (κ2) is 5.58. The molecule has 0 atom stereocenters. The lowest BCUT2D eigenvalue weighted by atomic mass is 10.0. The molecule has 2 aromatic carbocycles. The Morgan fingerprint density at radius 1 is 0.947 bits per heavy atom. The standard InChI is InChI=1S/C17H10O2/c1-3-13-9-8-12-16(15(13)4-2)17(18)19-14-10-6-5-7-11-14/h1-2,5-12H. The fourth-order valence-corrected chi connectivity index (χ4v) is 1.65. The molecule has 0 aromatic heterocycles. The summed E-state index contributed by atoms with van der Waals surface area (Å²) in [5.41, 5.74) is 1.18. The van der Waals surface area contributed by atoms with E-state index in [4.69, 9.17) is 17.6 Å². The summed E-state index contributed by atoms with van der Waals surface area (Å²) in [4.78, 5) is 12.1. The van der Waals surface area contributed by atoms with Crippen molar-refractivity contribution in [3.8, 4) is 30.4 Å². The highest BCUT2D eigenvalue weighted by Gasteiger charge is 2.14. The summed E-state index contributed by atoms with van der Waals surface area (Å²) in [7, 11) is 0. The van der Waals surface area contributed by atoms with Crippen LogP contribution in [0.25, 0.3) is 0 Å². The third-order valence-electron chi connectivity index (χ3n) is 2.54. The molecular weight excluding hydrogens is 236 g/mol. The fraction of sp³-hybridized carbons (Fsp3) is 0. The Labute approximate surface area is 112 Å². The molecule has 0 unspecified atom stereocenters. The molecule has 0 saturated heterocycles. The van der Waals surface area contributed by atoms with Crippen molar-refractivity contribution in [1.29, 1.82) is 0 Å². The number of hydrogen-bond acceptors (Lipinski definition) is 2. The van der Waals surface area contributed by atoms with Crippen molar-refractivity contribution in [3.63, 3.8) is 0 Å². The maximum Gasteiger partial charge on any atom is 0.344 e. The van der Waals surface area contributed by atoms with E-state index in [0.717, 1.165) is 0 Å². The van der Waals surface area contributed by atoms with Crippen molar-refractivity contribution >= 4 is 5.97 Å². The van der Waals surface area contributed by atoms with Crippen LogP contribution in [0.3, 0.4) is 0 Å². The zero-order valence-electron chi connectivity index (χ0n) is 10.1. The van der Waals surface area contributed by atoms with Crippen LogP contribution >= 0.6 is 0 Å². The molecule has 0 aliphatic heterocycles. The molecule has 90 valence electrons. The Kier molecular flexibility index (Phi) is 3.67. The van der Waals surface area contributed by atoms with Gasteiger partial charge in [0.2, 0.25) is 0 Å². The summed E-state index contributed by atoms with van der Waals surface area (Å²) in [5.74, 6) is 4.84. The third-order valence-corrected chi connectivity index (χ3v) is 2.54. The van der Waals surface area contributed by atoms with Crippen molar-refractivity contribution in [3.05, 3.63) is 65.2 Å². The summed E-state index contributed by atoms with van der Waals surface area (Å²) in [5, 5.41) is 0. The highest BCUT2D eigenvalue weighted by Crippen LogP contribution is 2.17. The molecule has 0 radical (unpaired) electrons. The lowest BCUT2D eigenvalue weighted by Gasteiger charge is -2.07. The maximum atomic E-state index is 12.1. The summed E-state index contributed by atoms with van der Waals surface area (Å²) in [6, 6.07) is 13.7. The second-order valence-electron chi connectivity index (χ2n) is 3.72. The van der Waals surface area contributed by atoms with Gasteiger partial charge in [0.05, 0.1) is 11.1 Å². The van der Waals surface area contributed by atoms with Crippen LogP contribution in [0, 0.1) is 24.7 Å². The molecule has 0 aliphatic carbocycles. The Hall–Kier alpha value is -2.97. The van der Waals surface area contributed by atoms with Crippen molar-refractivity contribution in [2.24, 2.45) is 0 Å². The summed E-state index contributed by atoms with van der Waals surface area (Å²) in [6.07, 6.45) is 10.8. The lowest BCUT2D eigenvalue weighted by Crippen LogP contribution is -2.11. The molecule has 0 fully saturated rings. The molecule has 0 spiro atoms. The van der Waals surface area contributed by atoms with Gasteiger partial charge in [0.1, 0.15) is 5.75 Å². The molecule has 2 rings (SSSR count). The van der Waals surface area contributed by atoms with E-state index < -0.39 is 5.97 Å². The highest BCUT2D eigenvalue weighted by atomic mass is 16.5. The van der Waals surface area contributed by atoms with Crippen LogP contribution in [0.2, 0.25) is 0 Å². The van der Waals surface area contributed by atoms with Crippen LogP contribution in [0.1, 0.15) is 21.5 Å². The lowest BCUT2D eigenvalue weighted by molar-refractivity contribution is 0.0734. The molecule has 19 heavy (non-hydrogen) atoms. The molecule has 2 aromatic rings. The molecule has 0 heterocycles. The van der Waals surface area contributed by atoms with Gasteiger partial charge in [0.25, 0.3) is 0 Å². The van der Waals surface area contributed by atoms with Gasteiger partial charge in [-0.3, -0.25) is 0 Å². The van der Waals surface area contributed by atoms with E-state index in [1.54, 1.807) is 42.5 Å². The highest BCUT2D eigenvalue weighted by molar-refractivity contribution is 5.94. The van der Waals surface area contributed by atoms with Gasteiger partial charge >= 0.3 is 5.97 Å². The van der Waals surface area contributed by atoms with Crippen molar-refractivity contribution < 1.29 is 9.53 Å². The van der Waals surface area contributed by atoms with E-state index in [1.165, 1.54) is 0 Å². The molecule has 0 N–H and O–H groups in total. The first-order chi connectivity index (χ1) is 9.26. The Balaban J connectivity index is 2.36. The van der Waals surface area contributed by atoms with E-state index in [-0.39, 0.29) is 0 Å². The zero-order chi connectivity index (χ0) is 13.7. The van der Waals surface area contributed by atoms with Crippen molar-refractivity contribution in [2.75, 3.05) is 0 Å². The minimum Gasteiger partial charge on any atom is -0.423 e. The number of benzene rings is 2. The SMILES string of the molecule is C#Cc1cccc(C(=O)Oc2ccccc2)c1C#C. The Morgan fingerprint density at radius 2 is 1.68 bits per heavy atom. The molecule has 0 bridgehead atoms. The first kappa shape index (κ1) is 12.5. The zero-order valence-corrected chi connectivity index (χ0v) is 10.1. The van der Waals surface area contributed by atoms with Crippen LogP contribution in [0.5, 0.6) is 5.75 Å². The Bertz CT molecular complexity index is 685. The average Bonchev–Trinajstić information content (AvgIpc) is 2.47. The number of carbonyl (C=O) groups is 1. The van der Waals surface area contributed by atoms with Crippen LogP contribution in [0.4, 0.5) is 0 Å². The first-order valence-electron chi connectivity index (χ1n) is 5.59. The van der Waals surface area contributed by atoms with E-state index in [1.807, 2.05) is 6.07 Å². The molecular formula is C17H10O2. The predicted octanol–water partition coefficient (Wildman–Crippen LogP) is 2.87. The van der Waals surface area contributed by atoms with Gasteiger partial charge in [-0.15, -0.1) is 12.8 Å². The van der Waals surface area contributed by atoms with Gasteiger partial charge in [-0.05, 0) is 24.3 Å². The third kappa shape index (κ3) is 2.65. The van der Waals surface area contributed by atoms with E-state index in [9.17, 15) is 4.79 Å². The normalized spacial score (nSPS) is 9.16. The molecule has 0 saturated carbocycles. The fourth-order valence-electron chi connectivity index (χ4n) is 1.65. The molecule has 0 aliphatic rings. The van der Waals surface area contributed by atoms with E-state index in [2.05, 4.69) is 11.8 Å². The maximum absolute atomic E-state index is 12.1. The number of esters is 1. The van der Waals surface area contributed by atoms with Crippen LogP contribution in [-0.4, -0.2) is 5.97 Å². The van der Waals surface area contributed by atoms with Gasteiger partial charge in [-0.1, -0.05) is 36.1 Å². The number of terminal acetylenes is 2. The monoisotopic (exact) mass is 246 g/mol. The number of ether oxygens (including phenoxy) is 1. The molecule has 2 nitrogen and oxygen atoms in total. The minimum absolute atomic E-state index is 0.293. The minimum atomic E-state index is -0.517. The van der Waals surface area contributed by atoms with Gasteiger partial charge in [-0.2, -0.15) is 0 Å². The van der Waals surface area contributed by atoms with E-state index >= 15 is 0 Å². The van der Waals surface area contributed by atoms with Gasteiger partial charge < -0.3 is 4.74 Å². The van der Waals surface area contributed by atoms with Crippen molar-refractivity contribution in [1.82, 2.24) is 0 Å². The second-order valence-corrected chi connectivity index (χ2v) is 3.72. The number of carbonyl (C=O) groups excluding carboxylic acids is 1. The largest absolute Gasteiger partial charge is 0.423 e. The molecule has 2 heteroatoms. The number of rotatable bonds is 2. The van der Waals surface area contributed by atoms with Crippen LogP contribution in [-0.2, 0) is 0 Å². The quantitative estimate of drug-likeness (QED) is 0.462. The number of para-hydroxylation sites is 1. The van der Waals surface area contributed by atoms with Crippen LogP contribution in [0.15, 0.2) is 48.5 Å². The summed E-state index contributed by atoms with van der Waals surface area (Å²) in [6.45, 7) is 0. The van der Waals surface area contributed by atoms with Gasteiger partial charge in [-0.25, -0.2) is 4.79 Å². The first-order valence-corrected chi connectivity index (χ1v) is 5.59. The van der Waals surface area contributed by atoms with Crippen molar-refractivity contribution in [2.45, 2.75) is 0 Å².